The Kier molecular flexibility index (Phi) is 6.23. The summed E-state index contributed by atoms with van der Waals surface area (Å²) in [6.45, 7) is 9.13. The number of aryl methyl sites for hydroxylation is 1. The van der Waals surface area contributed by atoms with Crippen molar-refractivity contribution in [3.8, 4) is 0 Å². The van der Waals surface area contributed by atoms with E-state index >= 15 is 0 Å². The first-order valence-corrected chi connectivity index (χ1v) is 6.62. The molecule has 0 radical (unpaired) electrons. The summed E-state index contributed by atoms with van der Waals surface area (Å²) < 4.78 is 0. The SMILES string of the molecule is CCCN(Cc1ccccc1C)CC(O)CC. The van der Waals surface area contributed by atoms with E-state index in [0.717, 1.165) is 32.5 Å². The summed E-state index contributed by atoms with van der Waals surface area (Å²) in [7, 11) is 0. The Hall–Kier alpha value is -0.860. The summed E-state index contributed by atoms with van der Waals surface area (Å²) in [6.07, 6.45) is 1.75. The van der Waals surface area contributed by atoms with E-state index in [1.807, 2.05) is 6.92 Å². The molecule has 2 nitrogen and oxygen atoms in total. The van der Waals surface area contributed by atoms with Crippen LogP contribution in [0.2, 0.25) is 0 Å². The third-order valence-electron chi connectivity index (χ3n) is 3.14. The quantitative estimate of drug-likeness (QED) is 0.785. The van der Waals surface area contributed by atoms with E-state index in [-0.39, 0.29) is 6.10 Å². The fourth-order valence-corrected chi connectivity index (χ4v) is 2.01. The number of aliphatic hydroxyl groups is 1. The van der Waals surface area contributed by atoms with Gasteiger partial charge in [-0.3, -0.25) is 4.90 Å². The van der Waals surface area contributed by atoms with Crippen LogP contribution in [-0.2, 0) is 6.54 Å². The van der Waals surface area contributed by atoms with Gasteiger partial charge in [0.25, 0.3) is 0 Å². The highest BCUT2D eigenvalue weighted by Gasteiger charge is 2.10. The topological polar surface area (TPSA) is 23.5 Å². The Balaban J connectivity index is 2.63. The van der Waals surface area contributed by atoms with E-state index < -0.39 is 0 Å². The van der Waals surface area contributed by atoms with Gasteiger partial charge in [0.15, 0.2) is 0 Å². The maximum atomic E-state index is 9.76. The predicted octanol–water partition coefficient (Wildman–Crippen LogP) is 2.98. The maximum absolute atomic E-state index is 9.76. The molecule has 0 bridgehead atoms. The molecule has 1 unspecified atom stereocenters. The Morgan fingerprint density at radius 1 is 1.24 bits per heavy atom. The fourth-order valence-electron chi connectivity index (χ4n) is 2.01. The normalized spacial score (nSPS) is 13.0. The van der Waals surface area contributed by atoms with Crippen molar-refractivity contribution < 1.29 is 5.11 Å². The van der Waals surface area contributed by atoms with Gasteiger partial charge in [0.05, 0.1) is 6.10 Å². The molecule has 1 aromatic rings. The Labute approximate surface area is 105 Å². The van der Waals surface area contributed by atoms with Gasteiger partial charge < -0.3 is 5.11 Å². The summed E-state index contributed by atoms with van der Waals surface area (Å²) in [4.78, 5) is 2.34. The first-order valence-electron chi connectivity index (χ1n) is 6.62. The van der Waals surface area contributed by atoms with Gasteiger partial charge in [-0.05, 0) is 37.4 Å². The molecule has 17 heavy (non-hydrogen) atoms. The third kappa shape index (κ3) is 4.88. The molecule has 0 fully saturated rings. The molecule has 0 aliphatic carbocycles. The van der Waals surface area contributed by atoms with Crippen molar-refractivity contribution in [2.24, 2.45) is 0 Å². The third-order valence-corrected chi connectivity index (χ3v) is 3.14. The highest BCUT2D eigenvalue weighted by molar-refractivity contribution is 5.25. The molecule has 0 spiro atoms. The summed E-state index contributed by atoms with van der Waals surface area (Å²) in [6, 6.07) is 8.48. The second-order valence-corrected chi connectivity index (χ2v) is 4.72. The zero-order valence-corrected chi connectivity index (χ0v) is 11.3. The molecule has 96 valence electrons. The molecule has 0 aliphatic heterocycles. The number of hydrogen-bond donors (Lipinski definition) is 1. The van der Waals surface area contributed by atoms with Crippen LogP contribution >= 0.6 is 0 Å². The molecule has 0 saturated heterocycles. The van der Waals surface area contributed by atoms with Crippen molar-refractivity contribution in [1.82, 2.24) is 4.90 Å². The van der Waals surface area contributed by atoms with Gasteiger partial charge in [0, 0.05) is 13.1 Å². The summed E-state index contributed by atoms with van der Waals surface area (Å²) >= 11 is 0. The van der Waals surface area contributed by atoms with Crippen LogP contribution in [0.3, 0.4) is 0 Å². The van der Waals surface area contributed by atoms with Crippen LogP contribution in [-0.4, -0.2) is 29.2 Å². The van der Waals surface area contributed by atoms with Gasteiger partial charge in [-0.15, -0.1) is 0 Å². The zero-order valence-electron chi connectivity index (χ0n) is 11.3. The lowest BCUT2D eigenvalue weighted by molar-refractivity contribution is 0.105. The van der Waals surface area contributed by atoms with E-state index in [2.05, 4.69) is 43.0 Å². The van der Waals surface area contributed by atoms with Crippen LogP contribution in [0.4, 0.5) is 0 Å². The first kappa shape index (κ1) is 14.2. The molecular formula is C15H25NO. The van der Waals surface area contributed by atoms with Crippen LogP contribution in [0.25, 0.3) is 0 Å². The molecule has 0 aromatic heterocycles. The van der Waals surface area contributed by atoms with Crippen molar-refractivity contribution in [3.05, 3.63) is 35.4 Å². The first-order chi connectivity index (χ1) is 8.17. The van der Waals surface area contributed by atoms with Crippen LogP contribution in [0.15, 0.2) is 24.3 Å². The lowest BCUT2D eigenvalue weighted by atomic mass is 10.1. The standard InChI is InChI=1S/C15H25NO/c1-4-10-16(12-15(17)5-2)11-14-9-7-6-8-13(14)3/h6-9,15,17H,4-5,10-12H2,1-3H3. The summed E-state index contributed by atoms with van der Waals surface area (Å²) in [5, 5.41) is 9.76. The van der Waals surface area contributed by atoms with Crippen molar-refractivity contribution in [3.63, 3.8) is 0 Å². The monoisotopic (exact) mass is 235 g/mol. The molecule has 2 heteroatoms. The minimum absolute atomic E-state index is 0.203. The van der Waals surface area contributed by atoms with Crippen molar-refractivity contribution >= 4 is 0 Å². The number of hydrogen-bond acceptors (Lipinski definition) is 2. The largest absolute Gasteiger partial charge is 0.392 e. The molecule has 1 aromatic carbocycles. The molecule has 0 saturated carbocycles. The summed E-state index contributed by atoms with van der Waals surface area (Å²) in [5.74, 6) is 0. The second kappa shape index (κ2) is 7.46. The highest BCUT2D eigenvalue weighted by Crippen LogP contribution is 2.11. The second-order valence-electron chi connectivity index (χ2n) is 4.72. The fraction of sp³-hybridized carbons (Fsp3) is 0.600. The van der Waals surface area contributed by atoms with Crippen LogP contribution in [0, 0.1) is 6.92 Å². The van der Waals surface area contributed by atoms with E-state index in [0.29, 0.717) is 0 Å². The molecule has 1 atom stereocenters. The highest BCUT2D eigenvalue weighted by atomic mass is 16.3. The van der Waals surface area contributed by atoms with Crippen molar-refractivity contribution in [2.45, 2.75) is 46.3 Å². The number of aliphatic hydroxyl groups excluding tert-OH is 1. The van der Waals surface area contributed by atoms with Gasteiger partial charge in [0.1, 0.15) is 0 Å². The molecule has 1 rings (SSSR count). The molecule has 0 aliphatic rings. The van der Waals surface area contributed by atoms with Gasteiger partial charge in [-0.1, -0.05) is 38.1 Å². The van der Waals surface area contributed by atoms with Crippen LogP contribution in [0.1, 0.15) is 37.8 Å². The van der Waals surface area contributed by atoms with Crippen LogP contribution < -0.4 is 0 Å². The number of rotatable bonds is 7. The van der Waals surface area contributed by atoms with Crippen molar-refractivity contribution in [1.29, 1.82) is 0 Å². The summed E-state index contributed by atoms with van der Waals surface area (Å²) in [5.41, 5.74) is 2.70. The van der Waals surface area contributed by atoms with Gasteiger partial charge in [0.2, 0.25) is 0 Å². The lowest BCUT2D eigenvalue weighted by Gasteiger charge is -2.24. The van der Waals surface area contributed by atoms with Gasteiger partial charge in [-0.2, -0.15) is 0 Å². The zero-order chi connectivity index (χ0) is 12.7. The minimum Gasteiger partial charge on any atom is -0.392 e. The minimum atomic E-state index is -0.203. The van der Waals surface area contributed by atoms with E-state index in [4.69, 9.17) is 0 Å². The Morgan fingerprint density at radius 2 is 1.94 bits per heavy atom. The molecule has 0 heterocycles. The average Bonchev–Trinajstić information content (AvgIpc) is 2.32. The molecule has 1 N–H and O–H groups in total. The Morgan fingerprint density at radius 3 is 2.53 bits per heavy atom. The van der Waals surface area contributed by atoms with E-state index in [1.54, 1.807) is 0 Å². The smallest absolute Gasteiger partial charge is 0.0664 e. The molecule has 0 amide bonds. The lowest BCUT2D eigenvalue weighted by Crippen LogP contribution is -2.32. The van der Waals surface area contributed by atoms with Crippen molar-refractivity contribution in [2.75, 3.05) is 13.1 Å². The number of benzene rings is 1. The van der Waals surface area contributed by atoms with E-state index in [1.165, 1.54) is 11.1 Å². The van der Waals surface area contributed by atoms with E-state index in [9.17, 15) is 5.11 Å². The van der Waals surface area contributed by atoms with Gasteiger partial charge >= 0.3 is 0 Å². The molecular weight excluding hydrogens is 210 g/mol. The Bertz CT molecular complexity index is 324. The van der Waals surface area contributed by atoms with Gasteiger partial charge in [-0.25, -0.2) is 0 Å². The average molecular weight is 235 g/mol. The maximum Gasteiger partial charge on any atom is 0.0664 e. The van der Waals surface area contributed by atoms with Crippen LogP contribution in [0.5, 0.6) is 0 Å². The number of nitrogens with zero attached hydrogens (tertiary/aromatic N) is 1. The predicted molar refractivity (Wildman–Crippen MR) is 73.0 cm³/mol.